The molecule has 0 unspecified atom stereocenters. The van der Waals surface area contributed by atoms with Gasteiger partial charge in [-0.25, -0.2) is 0 Å². The standard InChI is InChI=1S/C19H17N3O4/c1-12-6-5-7-13(10-12)18(24)21-20-17-14-8-3-4-9-15(14)22(19(17)25)11-16(23)26-2/h3-10,25H,11H2,1-2H3. The van der Waals surface area contributed by atoms with Gasteiger partial charge in [-0.2, -0.15) is 0 Å². The molecule has 132 valence electrons. The molecule has 0 saturated heterocycles. The molecule has 3 aromatic rings. The van der Waals surface area contributed by atoms with E-state index in [2.05, 4.69) is 15.0 Å². The van der Waals surface area contributed by atoms with Gasteiger partial charge in [0.1, 0.15) is 6.54 Å². The fourth-order valence-corrected chi connectivity index (χ4v) is 2.66. The van der Waals surface area contributed by atoms with Crippen LogP contribution in [0.1, 0.15) is 15.9 Å². The summed E-state index contributed by atoms with van der Waals surface area (Å²) in [6.45, 7) is 1.70. The zero-order chi connectivity index (χ0) is 18.7. The molecule has 1 N–H and O–H groups in total. The number of benzene rings is 2. The third kappa shape index (κ3) is 3.32. The average molecular weight is 351 g/mol. The van der Waals surface area contributed by atoms with Crippen molar-refractivity contribution in [1.29, 1.82) is 0 Å². The molecule has 0 spiro atoms. The van der Waals surface area contributed by atoms with Gasteiger partial charge in [0, 0.05) is 10.9 Å². The van der Waals surface area contributed by atoms with Gasteiger partial charge in [-0.3, -0.25) is 14.2 Å². The largest absolute Gasteiger partial charge is 0.493 e. The van der Waals surface area contributed by atoms with Crippen molar-refractivity contribution in [3.63, 3.8) is 0 Å². The lowest BCUT2D eigenvalue weighted by Gasteiger charge is -2.04. The third-order valence-corrected chi connectivity index (χ3v) is 3.94. The summed E-state index contributed by atoms with van der Waals surface area (Å²) in [5, 5.41) is 18.7. The molecule has 0 aliphatic carbocycles. The number of carbonyl (C=O) groups excluding carboxylic acids is 2. The molecular formula is C19H17N3O4. The predicted octanol–water partition coefficient (Wildman–Crippen LogP) is 3.75. The minimum atomic E-state index is -0.516. The van der Waals surface area contributed by atoms with Crippen molar-refractivity contribution in [1.82, 2.24) is 4.57 Å². The number of azo groups is 1. The van der Waals surface area contributed by atoms with Crippen LogP contribution in [0.4, 0.5) is 5.69 Å². The van der Waals surface area contributed by atoms with Crippen LogP contribution in [0, 0.1) is 6.92 Å². The number of fused-ring (bicyclic) bond motifs is 1. The maximum Gasteiger partial charge on any atom is 0.325 e. The lowest BCUT2D eigenvalue weighted by Crippen LogP contribution is -2.10. The number of aromatic nitrogens is 1. The second kappa shape index (κ2) is 7.18. The SMILES string of the molecule is COC(=O)Cn1c(O)c(N=NC(=O)c2cccc(C)c2)c2ccccc21. The maximum atomic E-state index is 12.2. The van der Waals surface area contributed by atoms with E-state index in [9.17, 15) is 14.7 Å². The molecule has 0 aliphatic rings. The zero-order valence-electron chi connectivity index (χ0n) is 14.3. The Morgan fingerprint density at radius 1 is 1.15 bits per heavy atom. The Morgan fingerprint density at radius 2 is 1.92 bits per heavy atom. The molecule has 7 nitrogen and oxygen atoms in total. The first-order valence-electron chi connectivity index (χ1n) is 7.91. The van der Waals surface area contributed by atoms with Crippen LogP contribution in [-0.4, -0.2) is 28.7 Å². The first-order valence-corrected chi connectivity index (χ1v) is 7.91. The van der Waals surface area contributed by atoms with E-state index in [0.717, 1.165) is 5.56 Å². The topological polar surface area (TPSA) is 93.2 Å². The highest BCUT2D eigenvalue weighted by Crippen LogP contribution is 2.38. The summed E-state index contributed by atoms with van der Waals surface area (Å²) >= 11 is 0. The van der Waals surface area contributed by atoms with Gasteiger partial charge < -0.3 is 9.84 Å². The van der Waals surface area contributed by atoms with Gasteiger partial charge in [0.05, 0.1) is 12.6 Å². The van der Waals surface area contributed by atoms with E-state index in [4.69, 9.17) is 0 Å². The third-order valence-electron chi connectivity index (χ3n) is 3.94. The number of hydrogen-bond acceptors (Lipinski definition) is 5. The second-order valence-electron chi connectivity index (χ2n) is 5.73. The number of nitrogens with zero attached hydrogens (tertiary/aromatic N) is 3. The molecular weight excluding hydrogens is 334 g/mol. The summed E-state index contributed by atoms with van der Waals surface area (Å²) in [5.74, 6) is -1.28. The Morgan fingerprint density at radius 3 is 2.65 bits per heavy atom. The van der Waals surface area contributed by atoms with Crippen LogP contribution in [-0.2, 0) is 16.1 Å². The number of hydrogen-bond donors (Lipinski definition) is 1. The predicted molar refractivity (Wildman–Crippen MR) is 95.6 cm³/mol. The number of ether oxygens (including phenoxy) is 1. The quantitative estimate of drug-likeness (QED) is 0.572. The number of aromatic hydroxyl groups is 1. The highest BCUT2D eigenvalue weighted by Gasteiger charge is 2.19. The normalized spacial score (nSPS) is 11.2. The molecule has 0 atom stereocenters. The Hall–Kier alpha value is -3.48. The van der Waals surface area contributed by atoms with E-state index in [1.54, 1.807) is 42.5 Å². The summed E-state index contributed by atoms with van der Waals surface area (Å²) in [4.78, 5) is 23.8. The molecule has 3 rings (SSSR count). The molecule has 26 heavy (non-hydrogen) atoms. The van der Waals surface area contributed by atoms with Gasteiger partial charge in [0.15, 0.2) is 5.69 Å². The molecule has 0 aliphatic heterocycles. The molecule has 0 radical (unpaired) electrons. The minimum absolute atomic E-state index is 0.130. The van der Waals surface area contributed by atoms with Crippen molar-refractivity contribution in [2.75, 3.05) is 7.11 Å². The van der Waals surface area contributed by atoms with Gasteiger partial charge in [-0.15, -0.1) is 10.2 Å². The fraction of sp³-hybridized carbons (Fsp3) is 0.158. The Bertz CT molecular complexity index is 1020. The van der Waals surface area contributed by atoms with Crippen molar-refractivity contribution >= 4 is 28.5 Å². The van der Waals surface area contributed by atoms with Gasteiger partial charge in [-0.1, -0.05) is 35.9 Å². The monoisotopic (exact) mass is 351 g/mol. The van der Waals surface area contributed by atoms with Crippen LogP contribution < -0.4 is 0 Å². The molecule has 7 heteroatoms. The molecule has 1 aromatic heterocycles. The summed E-state index contributed by atoms with van der Waals surface area (Å²) in [7, 11) is 1.27. The van der Waals surface area contributed by atoms with Crippen molar-refractivity contribution in [3.8, 4) is 5.88 Å². The highest BCUT2D eigenvalue weighted by atomic mass is 16.5. The van der Waals surface area contributed by atoms with Crippen LogP contribution in [0.5, 0.6) is 5.88 Å². The lowest BCUT2D eigenvalue weighted by atomic mass is 10.1. The van der Waals surface area contributed by atoms with Crippen molar-refractivity contribution in [3.05, 3.63) is 59.7 Å². The van der Waals surface area contributed by atoms with E-state index >= 15 is 0 Å². The molecule has 1 heterocycles. The number of para-hydroxylation sites is 1. The molecule has 2 aromatic carbocycles. The Balaban J connectivity index is 2.01. The molecule has 0 fully saturated rings. The smallest absolute Gasteiger partial charge is 0.325 e. The van der Waals surface area contributed by atoms with Crippen LogP contribution in [0.15, 0.2) is 58.8 Å². The summed E-state index contributed by atoms with van der Waals surface area (Å²) in [6, 6.07) is 14.0. The first-order chi connectivity index (χ1) is 12.5. The number of rotatable bonds is 4. The van der Waals surface area contributed by atoms with Gasteiger partial charge in [-0.05, 0) is 25.1 Å². The minimum Gasteiger partial charge on any atom is -0.493 e. The van der Waals surface area contributed by atoms with Crippen LogP contribution in [0.3, 0.4) is 0 Å². The van der Waals surface area contributed by atoms with Gasteiger partial charge >= 0.3 is 5.97 Å². The molecule has 0 saturated carbocycles. The second-order valence-corrected chi connectivity index (χ2v) is 5.73. The van der Waals surface area contributed by atoms with E-state index in [1.165, 1.54) is 11.7 Å². The van der Waals surface area contributed by atoms with E-state index < -0.39 is 11.9 Å². The van der Waals surface area contributed by atoms with E-state index in [1.807, 2.05) is 13.0 Å². The van der Waals surface area contributed by atoms with Crippen molar-refractivity contribution in [2.24, 2.45) is 10.2 Å². The highest BCUT2D eigenvalue weighted by molar-refractivity contribution is 5.97. The number of esters is 1. The lowest BCUT2D eigenvalue weighted by molar-refractivity contribution is -0.141. The van der Waals surface area contributed by atoms with E-state index in [-0.39, 0.29) is 18.1 Å². The number of methoxy groups -OCH3 is 1. The number of amides is 1. The summed E-state index contributed by atoms with van der Waals surface area (Å²) in [6.07, 6.45) is 0. The van der Waals surface area contributed by atoms with Crippen molar-refractivity contribution in [2.45, 2.75) is 13.5 Å². The molecule has 1 amide bonds. The van der Waals surface area contributed by atoms with Gasteiger partial charge in [0.2, 0.25) is 5.88 Å². The zero-order valence-corrected chi connectivity index (χ0v) is 14.3. The van der Waals surface area contributed by atoms with E-state index in [0.29, 0.717) is 16.5 Å². The number of aryl methyl sites for hydroxylation is 1. The average Bonchev–Trinajstić information content (AvgIpc) is 2.91. The van der Waals surface area contributed by atoms with Crippen LogP contribution >= 0.6 is 0 Å². The summed E-state index contributed by atoms with van der Waals surface area (Å²) < 4.78 is 6.02. The molecule has 0 bridgehead atoms. The maximum absolute atomic E-state index is 12.2. The van der Waals surface area contributed by atoms with Crippen LogP contribution in [0.2, 0.25) is 0 Å². The summed E-state index contributed by atoms with van der Waals surface area (Å²) in [5.41, 5.74) is 2.06. The van der Waals surface area contributed by atoms with Crippen LogP contribution in [0.25, 0.3) is 10.9 Å². The Labute approximate surface area is 149 Å². The number of carbonyl (C=O) groups is 2. The van der Waals surface area contributed by atoms with Crippen molar-refractivity contribution < 1.29 is 19.4 Å². The fourth-order valence-electron chi connectivity index (χ4n) is 2.66. The van der Waals surface area contributed by atoms with Gasteiger partial charge in [0.25, 0.3) is 5.91 Å². The first kappa shape index (κ1) is 17.3. The Kier molecular flexibility index (Phi) is 4.79.